The Bertz CT molecular complexity index is 651. The number of anilines is 1. The van der Waals surface area contributed by atoms with Crippen molar-refractivity contribution in [2.75, 3.05) is 38.2 Å². The van der Waals surface area contributed by atoms with Gasteiger partial charge in [-0.3, -0.25) is 10.1 Å². The Kier molecular flexibility index (Phi) is 3.72. The Morgan fingerprint density at radius 2 is 2.43 bits per heavy atom. The van der Waals surface area contributed by atoms with Crippen LogP contribution in [-0.4, -0.2) is 49.3 Å². The summed E-state index contributed by atoms with van der Waals surface area (Å²) in [6, 6.07) is 4.83. The molecule has 21 heavy (non-hydrogen) atoms. The van der Waals surface area contributed by atoms with Gasteiger partial charge in [-0.1, -0.05) is 0 Å². The number of non-ortho nitro benzene ring substituents is 1. The van der Waals surface area contributed by atoms with Crippen molar-refractivity contribution in [1.29, 1.82) is 0 Å². The second kappa shape index (κ2) is 5.66. The predicted octanol–water partition coefficient (Wildman–Crippen LogP) is 1.16. The van der Waals surface area contributed by atoms with Gasteiger partial charge >= 0.3 is 0 Å². The van der Waals surface area contributed by atoms with Gasteiger partial charge in [0.25, 0.3) is 11.7 Å². The van der Waals surface area contributed by atoms with E-state index >= 15 is 0 Å². The number of rotatable bonds is 4. The zero-order valence-electron chi connectivity index (χ0n) is 11.6. The fraction of sp³-hybridized carbons (Fsp3) is 0.462. The largest absolute Gasteiger partial charge is 0.423 e. The van der Waals surface area contributed by atoms with Crippen LogP contribution in [0, 0.1) is 10.1 Å². The van der Waals surface area contributed by atoms with Gasteiger partial charge in [-0.2, -0.15) is 4.98 Å². The molecule has 0 bridgehead atoms. The van der Waals surface area contributed by atoms with Gasteiger partial charge < -0.3 is 19.4 Å². The zero-order chi connectivity index (χ0) is 14.8. The normalized spacial score (nSPS) is 18.8. The Labute approximate surface area is 120 Å². The lowest BCUT2D eigenvalue weighted by Gasteiger charge is -2.27. The molecule has 0 amide bonds. The van der Waals surface area contributed by atoms with Gasteiger partial charge in [-0.05, 0) is 6.07 Å². The summed E-state index contributed by atoms with van der Waals surface area (Å²) < 4.78 is 11.2. The van der Waals surface area contributed by atoms with Crippen molar-refractivity contribution < 1.29 is 14.1 Å². The Morgan fingerprint density at radius 3 is 3.14 bits per heavy atom. The molecule has 0 spiro atoms. The van der Waals surface area contributed by atoms with Gasteiger partial charge in [0, 0.05) is 32.7 Å². The van der Waals surface area contributed by atoms with E-state index in [0.717, 1.165) is 13.1 Å². The average molecular weight is 292 g/mol. The number of morpholine rings is 1. The molecule has 8 heteroatoms. The van der Waals surface area contributed by atoms with E-state index in [1.807, 2.05) is 11.9 Å². The molecule has 3 rings (SSSR count). The van der Waals surface area contributed by atoms with Crippen molar-refractivity contribution in [2.24, 2.45) is 0 Å². The maximum absolute atomic E-state index is 10.8. The van der Waals surface area contributed by atoms with E-state index in [2.05, 4.69) is 10.3 Å². The lowest BCUT2D eigenvalue weighted by atomic mass is 10.3. The fourth-order valence-corrected chi connectivity index (χ4v) is 2.30. The molecule has 1 aromatic heterocycles. The van der Waals surface area contributed by atoms with Crippen LogP contribution in [0.25, 0.3) is 11.1 Å². The molecule has 8 nitrogen and oxygen atoms in total. The summed E-state index contributed by atoms with van der Waals surface area (Å²) in [4.78, 5) is 16.5. The number of nitrogens with zero attached hydrogens (tertiary/aromatic N) is 3. The zero-order valence-corrected chi connectivity index (χ0v) is 11.6. The van der Waals surface area contributed by atoms with Crippen molar-refractivity contribution in [3.63, 3.8) is 0 Å². The number of nitro benzene ring substituents is 1. The number of fused-ring (bicyclic) bond motifs is 1. The van der Waals surface area contributed by atoms with Gasteiger partial charge in [0.2, 0.25) is 0 Å². The van der Waals surface area contributed by atoms with Crippen LogP contribution >= 0.6 is 0 Å². The number of oxazole rings is 1. The summed E-state index contributed by atoms with van der Waals surface area (Å²) in [6.07, 6.45) is 0.0769. The smallest absolute Gasteiger partial charge is 0.298 e. The topological polar surface area (TPSA) is 93.7 Å². The number of nitrogens with one attached hydrogen (secondary N) is 1. The van der Waals surface area contributed by atoms with E-state index < -0.39 is 4.92 Å². The van der Waals surface area contributed by atoms with E-state index in [9.17, 15) is 10.1 Å². The lowest BCUT2D eigenvalue weighted by Crippen LogP contribution is -2.44. The molecule has 0 radical (unpaired) electrons. The molecule has 1 N–H and O–H groups in total. The predicted molar refractivity (Wildman–Crippen MR) is 76.5 cm³/mol. The standard InChI is InChI=1S/C13H16N4O4/c1-16(8-10-7-14-4-5-20-10)13-15-11-3-2-9(17(18)19)6-12(11)21-13/h2-3,6,10,14H,4-5,7-8H2,1H3. The number of hydrogen-bond donors (Lipinski definition) is 1. The Hall–Kier alpha value is -2.19. The molecule has 112 valence electrons. The van der Waals surface area contributed by atoms with Crippen LogP contribution in [0.3, 0.4) is 0 Å². The Morgan fingerprint density at radius 1 is 1.57 bits per heavy atom. The number of nitro groups is 1. The second-order valence-corrected chi connectivity index (χ2v) is 4.98. The van der Waals surface area contributed by atoms with Crippen molar-refractivity contribution >= 4 is 22.8 Å². The highest BCUT2D eigenvalue weighted by Crippen LogP contribution is 2.25. The molecule has 1 fully saturated rings. The van der Waals surface area contributed by atoms with Crippen molar-refractivity contribution in [3.8, 4) is 0 Å². The molecular formula is C13H16N4O4. The Balaban J connectivity index is 1.78. The summed E-state index contributed by atoms with van der Waals surface area (Å²) in [6.45, 7) is 2.99. The first-order valence-electron chi connectivity index (χ1n) is 6.72. The quantitative estimate of drug-likeness (QED) is 0.667. The molecule has 0 aliphatic carbocycles. The van der Waals surface area contributed by atoms with Gasteiger partial charge in [-0.15, -0.1) is 0 Å². The number of hydrogen-bond acceptors (Lipinski definition) is 7. The van der Waals surface area contributed by atoms with Gasteiger partial charge in [0.15, 0.2) is 5.58 Å². The van der Waals surface area contributed by atoms with Crippen LogP contribution < -0.4 is 10.2 Å². The minimum Gasteiger partial charge on any atom is -0.423 e. The molecule has 1 aromatic carbocycles. The van der Waals surface area contributed by atoms with Crippen LogP contribution in [0.5, 0.6) is 0 Å². The molecule has 1 aliphatic rings. The first-order valence-corrected chi connectivity index (χ1v) is 6.72. The van der Waals surface area contributed by atoms with E-state index in [4.69, 9.17) is 9.15 Å². The molecular weight excluding hydrogens is 276 g/mol. The molecule has 1 atom stereocenters. The van der Waals surface area contributed by atoms with E-state index in [1.165, 1.54) is 12.1 Å². The molecule has 2 aromatic rings. The third-order valence-electron chi connectivity index (χ3n) is 3.38. The van der Waals surface area contributed by atoms with Crippen LogP contribution in [0.4, 0.5) is 11.7 Å². The SMILES string of the molecule is CN(CC1CNCCO1)c1nc2ccc([N+](=O)[O-])cc2o1. The molecule has 1 unspecified atom stereocenters. The van der Waals surface area contributed by atoms with Gasteiger partial charge in [0.1, 0.15) is 5.52 Å². The molecule has 1 saturated heterocycles. The van der Waals surface area contributed by atoms with Crippen LogP contribution in [-0.2, 0) is 4.74 Å². The number of likely N-dealkylation sites (N-methyl/N-ethyl adjacent to an activating group) is 1. The van der Waals surface area contributed by atoms with E-state index in [-0.39, 0.29) is 11.8 Å². The molecule has 1 aliphatic heterocycles. The number of benzene rings is 1. The number of ether oxygens (including phenoxy) is 1. The summed E-state index contributed by atoms with van der Waals surface area (Å²) >= 11 is 0. The van der Waals surface area contributed by atoms with Gasteiger partial charge in [0.05, 0.1) is 23.7 Å². The third kappa shape index (κ3) is 2.96. The number of aromatic nitrogens is 1. The minimum absolute atomic E-state index is 0.00679. The summed E-state index contributed by atoms with van der Waals surface area (Å²) in [5.74, 6) is 0. The summed E-state index contributed by atoms with van der Waals surface area (Å²) in [7, 11) is 1.86. The van der Waals surface area contributed by atoms with Crippen LogP contribution in [0.2, 0.25) is 0 Å². The third-order valence-corrected chi connectivity index (χ3v) is 3.38. The highest BCUT2D eigenvalue weighted by Gasteiger charge is 2.19. The highest BCUT2D eigenvalue weighted by molar-refractivity contribution is 5.77. The van der Waals surface area contributed by atoms with Crippen molar-refractivity contribution in [3.05, 3.63) is 28.3 Å². The first-order chi connectivity index (χ1) is 10.1. The van der Waals surface area contributed by atoms with Crippen LogP contribution in [0.15, 0.2) is 22.6 Å². The van der Waals surface area contributed by atoms with E-state index in [0.29, 0.717) is 30.3 Å². The van der Waals surface area contributed by atoms with Crippen molar-refractivity contribution in [1.82, 2.24) is 10.3 Å². The second-order valence-electron chi connectivity index (χ2n) is 4.98. The first kappa shape index (κ1) is 13.8. The molecule has 2 heterocycles. The maximum atomic E-state index is 10.8. The van der Waals surface area contributed by atoms with Gasteiger partial charge in [-0.25, -0.2) is 0 Å². The highest BCUT2D eigenvalue weighted by atomic mass is 16.6. The van der Waals surface area contributed by atoms with Crippen LogP contribution in [0.1, 0.15) is 0 Å². The summed E-state index contributed by atoms with van der Waals surface area (Å²) in [5.41, 5.74) is 1.01. The fourth-order valence-electron chi connectivity index (χ4n) is 2.30. The van der Waals surface area contributed by atoms with E-state index in [1.54, 1.807) is 6.07 Å². The lowest BCUT2D eigenvalue weighted by molar-refractivity contribution is -0.384. The maximum Gasteiger partial charge on any atom is 0.298 e. The van der Waals surface area contributed by atoms with Crippen molar-refractivity contribution in [2.45, 2.75) is 6.10 Å². The summed E-state index contributed by atoms with van der Waals surface area (Å²) in [5, 5.41) is 14.0. The molecule has 0 saturated carbocycles. The minimum atomic E-state index is -0.452. The average Bonchev–Trinajstić information content (AvgIpc) is 2.91. The monoisotopic (exact) mass is 292 g/mol.